The molecule has 5 heteroatoms. The number of hydrogen-bond donors (Lipinski definition) is 1. The highest BCUT2D eigenvalue weighted by atomic mass is 79.9. The number of nitrogens with one attached hydrogen (secondary N) is 1. The Hall–Kier alpha value is -2.14. The Morgan fingerprint density at radius 2 is 1.80 bits per heavy atom. The molecule has 0 aliphatic rings. The molecule has 4 nitrogen and oxygen atoms in total. The summed E-state index contributed by atoms with van der Waals surface area (Å²) in [5.41, 5.74) is 2.10. The number of halogens is 1. The molecule has 2 aromatic carbocycles. The molecule has 0 heterocycles. The Labute approximate surface area is 156 Å². The van der Waals surface area contributed by atoms with E-state index in [0.717, 1.165) is 22.0 Å². The monoisotopic (exact) mass is 403 g/mol. The predicted octanol–water partition coefficient (Wildman–Crippen LogP) is 4.23. The number of benzene rings is 2. The summed E-state index contributed by atoms with van der Waals surface area (Å²) in [4.78, 5) is 23.1. The lowest BCUT2D eigenvalue weighted by Crippen LogP contribution is -2.31. The van der Waals surface area contributed by atoms with Crippen LogP contribution < -0.4 is 10.1 Å². The van der Waals surface area contributed by atoms with Crippen LogP contribution in [0.4, 0.5) is 0 Å². The maximum absolute atomic E-state index is 12.1. The van der Waals surface area contributed by atoms with Crippen molar-refractivity contribution in [2.75, 3.05) is 6.61 Å². The van der Waals surface area contributed by atoms with E-state index in [9.17, 15) is 9.59 Å². The number of amides is 1. The Kier molecular flexibility index (Phi) is 7.19. The lowest BCUT2D eigenvalue weighted by atomic mass is 10.1. The lowest BCUT2D eigenvalue weighted by molar-refractivity contribution is -0.123. The van der Waals surface area contributed by atoms with Gasteiger partial charge in [0.15, 0.2) is 6.61 Å². The number of carbonyl (C=O) groups excluding carboxylic acids is 2. The summed E-state index contributed by atoms with van der Waals surface area (Å²) in [6, 6.07) is 15.1. The molecular formula is C20H22BrNO3. The van der Waals surface area contributed by atoms with Crippen LogP contribution in [-0.4, -0.2) is 18.3 Å². The molecule has 0 fully saturated rings. The highest BCUT2D eigenvalue weighted by Gasteiger charge is 2.12. The van der Waals surface area contributed by atoms with Crippen LogP contribution in [0.15, 0.2) is 53.0 Å². The highest BCUT2D eigenvalue weighted by Crippen LogP contribution is 2.22. The van der Waals surface area contributed by atoms with Gasteiger partial charge in [0.05, 0.1) is 6.04 Å². The van der Waals surface area contributed by atoms with Gasteiger partial charge in [-0.05, 0) is 49.6 Å². The molecular weight excluding hydrogens is 382 g/mol. The Bertz CT molecular complexity index is 728. The van der Waals surface area contributed by atoms with E-state index in [2.05, 4.69) is 21.2 Å². The topological polar surface area (TPSA) is 55.4 Å². The summed E-state index contributed by atoms with van der Waals surface area (Å²) < 4.78 is 6.49. The van der Waals surface area contributed by atoms with Gasteiger partial charge in [0, 0.05) is 10.9 Å². The number of ketones is 1. The Morgan fingerprint density at radius 1 is 1.12 bits per heavy atom. The molecule has 0 bridgehead atoms. The number of carbonyl (C=O) groups is 2. The zero-order valence-electron chi connectivity index (χ0n) is 14.4. The molecule has 25 heavy (non-hydrogen) atoms. The SMILES string of the molecule is CC(=O)CCc1ccc(OCC(=O)NC(C)c2ccccc2Br)cc1. The van der Waals surface area contributed by atoms with Crippen molar-refractivity contribution < 1.29 is 14.3 Å². The Balaban J connectivity index is 1.81. The first-order valence-electron chi connectivity index (χ1n) is 8.20. The van der Waals surface area contributed by atoms with E-state index in [0.29, 0.717) is 12.2 Å². The van der Waals surface area contributed by atoms with Crippen LogP contribution in [0.2, 0.25) is 0 Å². The van der Waals surface area contributed by atoms with Gasteiger partial charge in [-0.3, -0.25) is 4.79 Å². The van der Waals surface area contributed by atoms with Crippen LogP contribution >= 0.6 is 15.9 Å². The van der Waals surface area contributed by atoms with E-state index in [1.54, 1.807) is 6.92 Å². The number of hydrogen-bond acceptors (Lipinski definition) is 3. The molecule has 0 saturated heterocycles. The van der Waals surface area contributed by atoms with E-state index in [4.69, 9.17) is 4.74 Å². The van der Waals surface area contributed by atoms with Gasteiger partial charge in [0.25, 0.3) is 5.91 Å². The van der Waals surface area contributed by atoms with Gasteiger partial charge >= 0.3 is 0 Å². The van der Waals surface area contributed by atoms with Crippen molar-refractivity contribution in [1.29, 1.82) is 0 Å². The van der Waals surface area contributed by atoms with Gasteiger partial charge in [0.2, 0.25) is 0 Å². The molecule has 0 aromatic heterocycles. The summed E-state index contributed by atoms with van der Waals surface area (Å²) >= 11 is 3.49. The molecule has 2 rings (SSSR count). The van der Waals surface area contributed by atoms with Gasteiger partial charge in [0.1, 0.15) is 11.5 Å². The van der Waals surface area contributed by atoms with Crippen LogP contribution in [0, 0.1) is 0 Å². The molecule has 132 valence electrons. The quantitative estimate of drug-likeness (QED) is 0.717. The fourth-order valence-electron chi connectivity index (χ4n) is 2.41. The fourth-order valence-corrected chi connectivity index (χ4v) is 3.04. The van der Waals surface area contributed by atoms with Crippen LogP contribution in [0.1, 0.15) is 37.4 Å². The molecule has 1 atom stereocenters. The van der Waals surface area contributed by atoms with E-state index < -0.39 is 0 Å². The average Bonchev–Trinajstić information content (AvgIpc) is 2.59. The van der Waals surface area contributed by atoms with E-state index in [-0.39, 0.29) is 24.3 Å². The number of ether oxygens (including phenoxy) is 1. The van der Waals surface area contributed by atoms with Crippen molar-refractivity contribution in [1.82, 2.24) is 5.32 Å². The second-order valence-electron chi connectivity index (χ2n) is 5.95. The molecule has 0 spiro atoms. The summed E-state index contributed by atoms with van der Waals surface area (Å²) in [5.74, 6) is 0.635. The third-order valence-electron chi connectivity index (χ3n) is 3.81. The number of aryl methyl sites for hydroxylation is 1. The minimum absolute atomic E-state index is 0.0401. The lowest BCUT2D eigenvalue weighted by Gasteiger charge is -2.16. The maximum Gasteiger partial charge on any atom is 0.258 e. The fraction of sp³-hybridized carbons (Fsp3) is 0.300. The smallest absolute Gasteiger partial charge is 0.258 e. The molecule has 2 aromatic rings. The van der Waals surface area contributed by atoms with Crippen LogP contribution in [0.25, 0.3) is 0 Å². The van der Waals surface area contributed by atoms with Crippen molar-refractivity contribution in [3.63, 3.8) is 0 Å². The van der Waals surface area contributed by atoms with E-state index in [1.165, 1.54) is 0 Å². The largest absolute Gasteiger partial charge is 0.484 e. The first kappa shape index (κ1) is 19.2. The van der Waals surface area contributed by atoms with Gasteiger partial charge < -0.3 is 14.8 Å². The van der Waals surface area contributed by atoms with E-state index >= 15 is 0 Å². The van der Waals surface area contributed by atoms with Crippen molar-refractivity contribution in [2.45, 2.75) is 32.7 Å². The zero-order valence-corrected chi connectivity index (χ0v) is 16.0. The minimum Gasteiger partial charge on any atom is -0.484 e. The Morgan fingerprint density at radius 3 is 2.44 bits per heavy atom. The highest BCUT2D eigenvalue weighted by molar-refractivity contribution is 9.10. The third-order valence-corrected chi connectivity index (χ3v) is 4.53. The maximum atomic E-state index is 12.1. The molecule has 0 aliphatic heterocycles. The van der Waals surface area contributed by atoms with Gasteiger partial charge in [-0.15, -0.1) is 0 Å². The second-order valence-corrected chi connectivity index (χ2v) is 6.80. The van der Waals surface area contributed by atoms with Crippen molar-refractivity contribution in [3.05, 3.63) is 64.1 Å². The van der Waals surface area contributed by atoms with Gasteiger partial charge in [-0.1, -0.05) is 46.3 Å². The first-order chi connectivity index (χ1) is 12.0. The molecule has 0 saturated carbocycles. The minimum atomic E-state index is -0.177. The van der Waals surface area contributed by atoms with Crippen molar-refractivity contribution >= 4 is 27.6 Å². The molecule has 0 aliphatic carbocycles. The second kappa shape index (κ2) is 9.37. The average molecular weight is 404 g/mol. The zero-order chi connectivity index (χ0) is 18.2. The number of Topliss-reactive ketones (excluding diaryl/α,β-unsaturated/α-hetero) is 1. The number of rotatable bonds is 8. The van der Waals surface area contributed by atoms with Crippen LogP contribution in [-0.2, 0) is 16.0 Å². The van der Waals surface area contributed by atoms with Gasteiger partial charge in [-0.2, -0.15) is 0 Å². The van der Waals surface area contributed by atoms with Crippen molar-refractivity contribution in [3.8, 4) is 5.75 Å². The summed E-state index contributed by atoms with van der Waals surface area (Å²) in [7, 11) is 0. The normalized spacial score (nSPS) is 11.6. The standard InChI is InChI=1S/C20H22BrNO3/c1-14(23)7-8-16-9-11-17(12-10-16)25-13-20(24)22-15(2)18-5-3-4-6-19(18)21/h3-6,9-12,15H,7-8,13H2,1-2H3,(H,22,24). The summed E-state index contributed by atoms with van der Waals surface area (Å²) in [5, 5.41) is 2.92. The third kappa shape index (κ3) is 6.35. The van der Waals surface area contributed by atoms with Crippen LogP contribution in [0.5, 0.6) is 5.75 Å². The van der Waals surface area contributed by atoms with Gasteiger partial charge in [-0.25, -0.2) is 0 Å². The summed E-state index contributed by atoms with van der Waals surface area (Å²) in [6.07, 6.45) is 1.26. The summed E-state index contributed by atoms with van der Waals surface area (Å²) in [6.45, 7) is 3.48. The molecule has 0 radical (unpaired) electrons. The molecule has 1 N–H and O–H groups in total. The predicted molar refractivity (Wildman–Crippen MR) is 102 cm³/mol. The van der Waals surface area contributed by atoms with Crippen molar-refractivity contribution in [2.24, 2.45) is 0 Å². The first-order valence-corrected chi connectivity index (χ1v) is 9.00. The molecule has 1 amide bonds. The van der Waals surface area contributed by atoms with E-state index in [1.807, 2.05) is 55.5 Å². The van der Waals surface area contributed by atoms with Crippen LogP contribution in [0.3, 0.4) is 0 Å². The molecule has 1 unspecified atom stereocenters.